The predicted octanol–water partition coefficient (Wildman–Crippen LogP) is 2.30. The summed E-state index contributed by atoms with van der Waals surface area (Å²) in [6, 6.07) is 7.53. The number of esters is 1. The van der Waals surface area contributed by atoms with Crippen LogP contribution in [0.3, 0.4) is 0 Å². The minimum atomic E-state index is -0.515. The fourth-order valence-corrected chi connectivity index (χ4v) is 1.31. The first-order chi connectivity index (χ1) is 8.77. The van der Waals surface area contributed by atoms with Gasteiger partial charge in [-0.2, -0.15) is 0 Å². The van der Waals surface area contributed by atoms with Gasteiger partial charge in [0.1, 0.15) is 0 Å². The van der Waals surface area contributed by atoms with Crippen molar-refractivity contribution in [1.29, 1.82) is 0 Å². The second-order valence-corrected chi connectivity index (χ2v) is 3.43. The van der Waals surface area contributed by atoms with Crippen molar-refractivity contribution in [3.63, 3.8) is 0 Å². The lowest BCUT2D eigenvalue weighted by Gasteiger charge is -2.04. The second kappa shape index (κ2) is 8.10. The van der Waals surface area contributed by atoms with Crippen LogP contribution in [-0.4, -0.2) is 19.2 Å². The molecule has 0 N–H and O–H groups in total. The van der Waals surface area contributed by atoms with Crippen LogP contribution >= 0.6 is 0 Å². The Labute approximate surface area is 107 Å². The molecule has 0 amide bonds. The lowest BCUT2D eigenvalue weighted by molar-refractivity contribution is -0.136. The molecule has 0 radical (unpaired) electrons. The number of rotatable bonds is 5. The van der Waals surface area contributed by atoms with Crippen LogP contribution in [0, 0.1) is 11.8 Å². The van der Waals surface area contributed by atoms with Crippen LogP contribution in [0.25, 0.3) is 0 Å². The standard InChI is InChI=1S/C15H16O3/c1-3-11-17-12-14-8-6-5-7-13(14)9-10-15(16)18-4-2/h3,5-8H,1,4,11-12H2,2H3. The summed E-state index contributed by atoms with van der Waals surface area (Å²) in [6.07, 6.45) is 1.69. The van der Waals surface area contributed by atoms with E-state index in [1.54, 1.807) is 13.0 Å². The molecule has 0 bridgehead atoms. The fraction of sp³-hybridized carbons (Fsp3) is 0.267. The maximum absolute atomic E-state index is 11.1. The van der Waals surface area contributed by atoms with Crippen molar-refractivity contribution in [2.75, 3.05) is 13.2 Å². The molecule has 0 spiro atoms. The largest absolute Gasteiger partial charge is 0.456 e. The average Bonchev–Trinajstić information content (AvgIpc) is 2.38. The van der Waals surface area contributed by atoms with Gasteiger partial charge in [-0.05, 0) is 18.6 Å². The van der Waals surface area contributed by atoms with Crippen molar-refractivity contribution in [3.8, 4) is 11.8 Å². The van der Waals surface area contributed by atoms with Crippen LogP contribution in [0.1, 0.15) is 18.1 Å². The summed E-state index contributed by atoms with van der Waals surface area (Å²) in [6.45, 7) is 6.59. The van der Waals surface area contributed by atoms with Gasteiger partial charge >= 0.3 is 5.97 Å². The summed E-state index contributed by atoms with van der Waals surface area (Å²) in [5.74, 6) is 4.72. The summed E-state index contributed by atoms with van der Waals surface area (Å²) >= 11 is 0. The number of ether oxygens (including phenoxy) is 2. The molecule has 18 heavy (non-hydrogen) atoms. The van der Waals surface area contributed by atoms with Crippen LogP contribution in [0.15, 0.2) is 36.9 Å². The average molecular weight is 244 g/mol. The van der Waals surface area contributed by atoms with Crippen LogP contribution in [-0.2, 0) is 20.9 Å². The van der Waals surface area contributed by atoms with Gasteiger partial charge in [0.05, 0.1) is 19.8 Å². The van der Waals surface area contributed by atoms with Crippen LogP contribution in [0.5, 0.6) is 0 Å². The van der Waals surface area contributed by atoms with Gasteiger partial charge in [0, 0.05) is 11.5 Å². The van der Waals surface area contributed by atoms with Crippen molar-refractivity contribution in [3.05, 3.63) is 48.0 Å². The molecule has 0 saturated carbocycles. The van der Waals surface area contributed by atoms with Crippen molar-refractivity contribution < 1.29 is 14.3 Å². The number of benzene rings is 1. The molecule has 0 aliphatic heterocycles. The summed E-state index contributed by atoms with van der Waals surface area (Å²) in [5.41, 5.74) is 1.71. The van der Waals surface area contributed by atoms with E-state index in [1.807, 2.05) is 24.3 Å². The van der Waals surface area contributed by atoms with Gasteiger partial charge in [-0.3, -0.25) is 0 Å². The fourth-order valence-electron chi connectivity index (χ4n) is 1.31. The molecule has 0 atom stereocenters. The van der Waals surface area contributed by atoms with Crippen LogP contribution in [0.2, 0.25) is 0 Å². The summed E-state index contributed by atoms with van der Waals surface area (Å²) in [7, 11) is 0. The van der Waals surface area contributed by atoms with Gasteiger partial charge in [-0.15, -0.1) is 6.58 Å². The van der Waals surface area contributed by atoms with Gasteiger partial charge in [0.15, 0.2) is 0 Å². The van der Waals surface area contributed by atoms with E-state index < -0.39 is 5.97 Å². The Kier molecular flexibility index (Phi) is 6.31. The molecule has 0 unspecified atom stereocenters. The van der Waals surface area contributed by atoms with Crippen molar-refractivity contribution in [1.82, 2.24) is 0 Å². The molecule has 1 rings (SSSR count). The van der Waals surface area contributed by atoms with Crippen LogP contribution < -0.4 is 0 Å². The maximum atomic E-state index is 11.1. The zero-order valence-corrected chi connectivity index (χ0v) is 10.4. The molecule has 0 saturated heterocycles. The molecule has 0 aromatic heterocycles. The quantitative estimate of drug-likeness (QED) is 0.345. The molecule has 0 aliphatic carbocycles. The van der Waals surface area contributed by atoms with E-state index in [0.29, 0.717) is 19.8 Å². The molecule has 0 heterocycles. The van der Waals surface area contributed by atoms with Crippen molar-refractivity contribution in [2.24, 2.45) is 0 Å². The Hall–Kier alpha value is -2.05. The van der Waals surface area contributed by atoms with E-state index in [2.05, 4.69) is 18.4 Å². The first kappa shape index (κ1) is 14.0. The summed E-state index contributed by atoms with van der Waals surface area (Å²) in [5, 5.41) is 0. The molecule has 1 aromatic carbocycles. The van der Waals surface area contributed by atoms with E-state index in [1.165, 1.54) is 0 Å². The highest BCUT2D eigenvalue weighted by Gasteiger charge is 1.99. The third-order valence-electron chi connectivity index (χ3n) is 2.09. The monoisotopic (exact) mass is 244 g/mol. The lowest BCUT2D eigenvalue weighted by Crippen LogP contribution is -2.00. The molecule has 1 aromatic rings. The highest BCUT2D eigenvalue weighted by Crippen LogP contribution is 2.08. The minimum Gasteiger partial charge on any atom is -0.456 e. The van der Waals surface area contributed by atoms with Gasteiger partial charge in [0.25, 0.3) is 0 Å². The zero-order chi connectivity index (χ0) is 13.2. The van der Waals surface area contributed by atoms with Crippen molar-refractivity contribution in [2.45, 2.75) is 13.5 Å². The first-order valence-electron chi connectivity index (χ1n) is 5.73. The lowest BCUT2D eigenvalue weighted by atomic mass is 10.1. The SMILES string of the molecule is C=CCOCc1ccccc1C#CC(=O)OCC. The number of carbonyl (C=O) groups excluding carboxylic acids is 1. The van der Waals surface area contributed by atoms with E-state index in [-0.39, 0.29) is 0 Å². The molecule has 3 nitrogen and oxygen atoms in total. The molecule has 3 heteroatoms. The van der Waals surface area contributed by atoms with Crippen LogP contribution in [0.4, 0.5) is 0 Å². The smallest absolute Gasteiger partial charge is 0.384 e. The summed E-state index contributed by atoms with van der Waals surface area (Å²) < 4.78 is 10.1. The second-order valence-electron chi connectivity index (χ2n) is 3.43. The Morgan fingerprint density at radius 2 is 2.22 bits per heavy atom. The minimum absolute atomic E-state index is 0.331. The van der Waals surface area contributed by atoms with E-state index in [0.717, 1.165) is 11.1 Å². The normalized spacial score (nSPS) is 9.17. The number of hydrogen-bond donors (Lipinski definition) is 0. The topological polar surface area (TPSA) is 35.5 Å². The van der Waals surface area contributed by atoms with E-state index in [4.69, 9.17) is 9.47 Å². The number of carbonyl (C=O) groups is 1. The third kappa shape index (κ3) is 4.86. The van der Waals surface area contributed by atoms with Gasteiger partial charge < -0.3 is 9.47 Å². The summed E-state index contributed by atoms with van der Waals surface area (Å²) in [4.78, 5) is 11.1. The molecule has 94 valence electrons. The molecule has 0 aliphatic rings. The Morgan fingerprint density at radius 3 is 2.94 bits per heavy atom. The molecule has 0 fully saturated rings. The van der Waals surface area contributed by atoms with E-state index >= 15 is 0 Å². The highest BCUT2D eigenvalue weighted by atomic mass is 16.5. The Bertz CT molecular complexity index is 466. The zero-order valence-electron chi connectivity index (χ0n) is 10.4. The van der Waals surface area contributed by atoms with Gasteiger partial charge in [-0.25, -0.2) is 4.79 Å². The van der Waals surface area contributed by atoms with Crippen molar-refractivity contribution >= 4 is 5.97 Å². The maximum Gasteiger partial charge on any atom is 0.384 e. The van der Waals surface area contributed by atoms with Gasteiger partial charge in [0.2, 0.25) is 0 Å². The Morgan fingerprint density at radius 1 is 1.44 bits per heavy atom. The molecular weight excluding hydrogens is 228 g/mol. The first-order valence-corrected chi connectivity index (χ1v) is 5.73. The Balaban J connectivity index is 2.75. The highest BCUT2D eigenvalue weighted by molar-refractivity contribution is 5.89. The third-order valence-corrected chi connectivity index (χ3v) is 2.09. The number of hydrogen-bond acceptors (Lipinski definition) is 3. The molecular formula is C15H16O3. The van der Waals surface area contributed by atoms with Gasteiger partial charge in [-0.1, -0.05) is 30.2 Å². The van der Waals surface area contributed by atoms with E-state index in [9.17, 15) is 4.79 Å². The predicted molar refractivity (Wildman–Crippen MR) is 69.8 cm³/mol.